The molecule has 148 valence electrons. The lowest BCUT2D eigenvalue weighted by Gasteiger charge is -2.07. The third-order valence-corrected chi connectivity index (χ3v) is 4.12. The molecule has 0 aromatic heterocycles. The van der Waals surface area contributed by atoms with Crippen molar-refractivity contribution in [2.24, 2.45) is 0 Å². The number of hydrogen-bond donors (Lipinski definition) is 1. The Balaban J connectivity index is 1.83. The Morgan fingerprint density at radius 1 is 0.750 bits per heavy atom. The lowest BCUT2D eigenvalue weighted by atomic mass is 10.1. The topological polar surface area (TPSA) is 89.9 Å². The van der Waals surface area contributed by atoms with Gasteiger partial charge in [-0.2, -0.15) is 0 Å². The van der Waals surface area contributed by atoms with E-state index in [0.29, 0.717) is 17.7 Å². The highest BCUT2D eigenvalue weighted by molar-refractivity contribution is 5.91. The van der Waals surface area contributed by atoms with Crippen molar-refractivity contribution in [2.75, 3.05) is 0 Å². The number of aromatic carboxylic acids is 1. The van der Waals surface area contributed by atoms with Crippen molar-refractivity contribution in [2.45, 2.75) is 45.4 Å². The first-order valence-electron chi connectivity index (χ1n) is 9.36. The molecule has 2 rings (SSSR count). The highest BCUT2D eigenvalue weighted by atomic mass is 16.5. The molecule has 28 heavy (non-hydrogen) atoms. The predicted molar refractivity (Wildman–Crippen MR) is 104 cm³/mol. The summed E-state index contributed by atoms with van der Waals surface area (Å²) < 4.78 is 10.5. The minimum absolute atomic E-state index is 0.108. The molecule has 0 spiro atoms. The molecule has 0 fully saturated rings. The van der Waals surface area contributed by atoms with E-state index in [1.807, 2.05) is 0 Å². The second kappa shape index (κ2) is 10.9. The van der Waals surface area contributed by atoms with Crippen molar-refractivity contribution < 1.29 is 29.0 Å². The van der Waals surface area contributed by atoms with E-state index >= 15 is 0 Å². The minimum atomic E-state index is -1.05. The molecule has 0 aliphatic carbocycles. The standard InChI is InChI=1S/C22H24O6/c1-2-3-4-5-6-7-20(23)27-18-14-10-17(11-15-18)22(26)28-19-12-8-16(9-13-19)21(24)25/h8-15H,2-7H2,1H3,(H,24,25). The van der Waals surface area contributed by atoms with E-state index in [4.69, 9.17) is 14.6 Å². The van der Waals surface area contributed by atoms with Crippen LogP contribution in [0.5, 0.6) is 11.5 Å². The number of carboxylic acids is 1. The zero-order chi connectivity index (χ0) is 20.4. The summed E-state index contributed by atoms with van der Waals surface area (Å²) in [6.07, 6.45) is 5.66. The molecule has 0 aliphatic heterocycles. The number of rotatable bonds is 10. The summed E-state index contributed by atoms with van der Waals surface area (Å²) >= 11 is 0. The summed E-state index contributed by atoms with van der Waals surface area (Å²) in [4.78, 5) is 34.8. The number of esters is 2. The zero-order valence-corrected chi connectivity index (χ0v) is 15.8. The van der Waals surface area contributed by atoms with Gasteiger partial charge in [-0.05, 0) is 55.0 Å². The molecule has 1 N–H and O–H groups in total. The lowest BCUT2D eigenvalue weighted by Crippen LogP contribution is -2.10. The number of carboxylic acid groups (broad SMARTS) is 1. The highest BCUT2D eigenvalue weighted by Crippen LogP contribution is 2.17. The van der Waals surface area contributed by atoms with Gasteiger partial charge in [0, 0.05) is 6.42 Å². The van der Waals surface area contributed by atoms with Crippen LogP contribution in [-0.4, -0.2) is 23.0 Å². The molecule has 0 atom stereocenters. The fourth-order valence-electron chi connectivity index (χ4n) is 2.55. The SMILES string of the molecule is CCCCCCCC(=O)Oc1ccc(C(=O)Oc2ccc(C(=O)O)cc2)cc1. The lowest BCUT2D eigenvalue weighted by molar-refractivity contribution is -0.134. The Morgan fingerprint density at radius 3 is 1.86 bits per heavy atom. The van der Waals surface area contributed by atoms with Crippen molar-refractivity contribution >= 4 is 17.9 Å². The minimum Gasteiger partial charge on any atom is -0.478 e. The smallest absolute Gasteiger partial charge is 0.343 e. The van der Waals surface area contributed by atoms with Crippen molar-refractivity contribution in [1.29, 1.82) is 0 Å². The van der Waals surface area contributed by atoms with Crippen LogP contribution >= 0.6 is 0 Å². The molecule has 6 heteroatoms. The summed E-state index contributed by atoms with van der Waals surface area (Å²) in [5.74, 6) is -1.30. The average Bonchev–Trinajstić information content (AvgIpc) is 2.68. The molecule has 6 nitrogen and oxygen atoms in total. The second-order valence-corrected chi connectivity index (χ2v) is 6.38. The number of hydrogen-bond acceptors (Lipinski definition) is 5. The molecule has 0 aliphatic rings. The molecular formula is C22H24O6. The number of benzene rings is 2. The quantitative estimate of drug-likeness (QED) is 0.357. The molecule has 0 bridgehead atoms. The summed E-state index contributed by atoms with van der Waals surface area (Å²) in [5, 5.41) is 8.86. The second-order valence-electron chi connectivity index (χ2n) is 6.38. The Hall–Kier alpha value is -3.15. The van der Waals surface area contributed by atoms with Gasteiger partial charge >= 0.3 is 17.9 Å². The summed E-state index contributed by atoms with van der Waals surface area (Å²) in [5.41, 5.74) is 0.401. The molecule has 0 amide bonds. The maximum atomic E-state index is 12.1. The predicted octanol–water partition coefficient (Wildman–Crippen LogP) is 4.87. The van der Waals surface area contributed by atoms with E-state index in [0.717, 1.165) is 25.7 Å². The van der Waals surface area contributed by atoms with Gasteiger partial charge in [0.1, 0.15) is 11.5 Å². The van der Waals surface area contributed by atoms with Crippen LogP contribution in [0.2, 0.25) is 0 Å². The van der Waals surface area contributed by atoms with Crippen molar-refractivity contribution in [3.05, 3.63) is 59.7 Å². The molecule has 2 aromatic rings. The largest absolute Gasteiger partial charge is 0.478 e. The third kappa shape index (κ3) is 6.87. The molecule has 0 radical (unpaired) electrons. The van der Waals surface area contributed by atoms with Crippen LogP contribution in [0.4, 0.5) is 0 Å². The van der Waals surface area contributed by atoms with E-state index in [1.54, 1.807) is 12.1 Å². The van der Waals surface area contributed by atoms with E-state index in [1.165, 1.54) is 42.8 Å². The molecular weight excluding hydrogens is 360 g/mol. The first kappa shape index (κ1) is 21.2. The number of unbranched alkanes of at least 4 members (excludes halogenated alkanes) is 4. The Labute approximate surface area is 164 Å². The van der Waals surface area contributed by atoms with Crippen molar-refractivity contribution in [3.8, 4) is 11.5 Å². The highest BCUT2D eigenvalue weighted by Gasteiger charge is 2.11. The van der Waals surface area contributed by atoms with E-state index in [-0.39, 0.29) is 17.3 Å². The first-order valence-corrected chi connectivity index (χ1v) is 9.36. The Morgan fingerprint density at radius 2 is 1.29 bits per heavy atom. The Bertz CT molecular complexity index is 793. The summed E-state index contributed by atoms with van der Waals surface area (Å²) in [6, 6.07) is 11.6. The van der Waals surface area contributed by atoms with E-state index < -0.39 is 11.9 Å². The molecule has 0 heterocycles. The average molecular weight is 384 g/mol. The van der Waals surface area contributed by atoms with Gasteiger partial charge in [0.2, 0.25) is 0 Å². The van der Waals surface area contributed by atoms with Crippen LogP contribution in [0, 0.1) is 0 Å². The first-order chi connectivity index (χ1) is 13.5. The van der Waals surface area contributed by atoms with Crippen LogP contribution in [0.3, 0.4) is 0 Å². The zero-order valence-electron chi connectivity index (χ0n) is 15.8. The van der Waals surface area contributed by atoms with Gasteiger partial charge in [0.15, 0.2) is 0 Å². The maximum Gasteiger partial charge on any atom is 0.343 e. The Kier molecular flexibility index (Phi) is 8.21. The van der Waals surface area contributed by atoms with E-state index in [9.17, 15) is 14.4 Å². The summed E-state index contributed by atoms with van der Waals surface area (Å²) in [6.45, 7) is 2.14. The molecule has 2 aromatic carbocycles. The van der Waals surface area contributed by atoms with Gasteiger partial charge in [0.05, 0.1) is 11.1 Å². The molecule has 0 saturated heterocycles. The van der Waals surface area contributed by atoms with E-state index in [2.05, 4.69) is 6.92 Å². The monoisotopic (exact) mass is 384 g/mol. The van der Waals surface area contributed by atoms with Gasteiger partial charge in [-0.1, -0.05) is 32.6 Å². The van der Waals surface area contributed by atoms with Crippen molar-refractivity contribution in [3.63, 3.8) is 0 Å². The van der Waals surface area contributed by atoms with Gasteiger partial charge in [-0.15, -0.1) is 0 Å². The fourth-order valence-corrected chi connectivity index (χ4v) is 2.55. The fraction of sp³-hybridized carbons (Fsp3) is 0.318. The van der Waals surface area contributed by atoms with Gasteiger partial charge in [-0.25, -0.2) is 9.59 Å². The number of ether oxygens (including phenoxy) is 2. The van der Waals surface area contributed by atoms with Crippen LogP contribution in [0.1, 0.15) is 66.2 Å². The third-order valence-electron chi connectivity index (χ3n) is 4.12. The molecule has 0 unspecified atom stereocenters. The van der Waals surface area contributed by atoms with Crippen LogP contribution < -0.4 is 9.47 Å². The summed E-state index contributed by atoms with van der Waals surface area (Å²) in [7, 11) is 0. The maximum absolute atomic E-state index is 12.1. The van der Waals surface area contributed by atoms with Crippen LogP contribution in [0.15, 0.2) is 48.5 Å². The van der Waals surface area contributed by atoms with Crippen molar-refractivity contribution in [1.82, 2.24) is 0 Å². The van der Waals surface area contributed by atoms with Gasteiger partial charge in [-0.3, -0.25) is 4.79 Å². The van der Waals surface area contributed by atoms with Gasteiger partial charge < -0.3 is 14.6 Å². The van der Waals surface area contributed by atoms with Gasteiger partial charge in [0.25, 0.3) is 0 Å². The molecule has 0 saturated carbocycles. The number of carbonyl (C=O) groups excluding carboxylic acids is 2. The van der Waals surface area contributed by atoms with Crippen LogP contribution in [-0.2, 0) is 4.79 Å². The number of carbonyl (C=O) groups is 3. The van der Waals surface area contributed by atoms with Crippen LogP contribution in [0.25, 0.3) is 0 Å². The normalized spacial score (nSPS) is 10.3.